The van der Waals surface area contributed by atoms with E-state index in [0.29, 0.717) is 17.1 Å². The first-order chi connectivity index (χ1) is 16.8. The Morgan fingerprint density at radius 1 is 1.06 bits per heavy atom. The molecular formula is C25H24N4O6. The highest BCUT2D eigenvalue weighted by Crippen LogP contribution is 2.30. The first kappa shape index (κ1) is 23.6. The van der Waals surface area contributed by atoms with Crippen LogP contribution in [0.5, 0.6) is 5.75 Å². The fourth-order valence-corrected chi connectivity index (χ4v) is 3.76. The summed E-state index contributed by atoms with van der Waals surface area (Å²) in [6.45, 7) is 1.24. The second kappa shape index (κ2) is 9.72. The van der Waals surface area contributed by atoms with Crippen LogP contribution in [0.2, 0.25) is 0 Å². The summed E-state index contributed by atoms with van der Waals surface area (Å²) in [5.41, 5.74) is -0.293. The molecule has 35 heavy (non-hydrogen) atoms. The third-order valence-electron chi connectivity index (χ3n) is 5.69. The number of hydrogen-bond acceptors (Lipinski definition) is 6. The number of benzene rings is 2. The zero-order valence-corrected chi connectivity index (χ0v) is 19.2. The Morgan fingerprint density at radius 3 is 2.49 bits per heavy atom. The summed E-state index contributed by atoms with van der Waals surface area (Å²) in [5.74, 6) is -0.416. The topological polar surface area (TPSA) is 130 Å². The van der Waals surface area contributed by atoms with Crippen molar-refractivity contribution in [1.29, 1.82) is 0 Å². The molecule has 2 aromatic carbocycles. The molecule has 180 valence electrons. The van der Waals surface area contributed by atoms with Crippen molar-refractivity contribution >= 4 is 29.4 Å². The summed E-state index contributed by atoms with van der Waals surface area (Å²) in [4.78, 5) is 51.9. The van der Waals surface area contributed by atoms with Gasteiger partial charge in [0, 0.05) is 0 Å². The molecule has 2 heterocycles. The standard InChI is InChI=1S/C25H24N4O6/c1-25(16-9-11-17(34-2)12-10-16)23(32)29(24(33)28-25)15-21(30)27-20-8-4-3-7-19(20)22(31)26-14-18-6-5-13-35-18/h3-13H,14-15H2,1-2H3,(H,26,31)(H,27,30)(H,28,33)/t25-/m1/s1. The van der Waals surface area contributed by atoms with Crippen molar-refractivity contribution in [2.24, 2.45) is 0 Å². The maximum absolute atomic E-state index is 13.1. The van der Waals surface area contributed by atoms with E-state index in [0.717, 1.165) is 4.90 Å². The van der Waals surface area contributed by atoms with Gasteiger partial charge in [-0.2, -0.15) is 0 Å². The molecule has 0 saturated carbocycles. The van der Waals surface area contributed by atoms with Crippen molar-refractivity contribution in [2.45, 2.75) is 19.0 Å². The van der Waals surface area contributed by atoms with E-state index in [9.17, 15) is 19.2 Å². The lowest BCUT2D eigenvalue weighted by molar-refractivity contribution is -0.133. The molecule has 3 N–H and O–H groups in total. The van der Waals surface area contributed by atoms with E-state index in [1.807, 2.05) is 0 Å². The minimum absolute atomic E-state index is 0.181. The number of amides is 5. The lowest BCUT2D eigenvalue weighted by atomic mass is 9.92. The normalized spacial score (nSPS) is 17.1. The van der Waals surface area contributed by atoms with Gasteiger partial charge < -0.3 is 25.1 Å². The summed E-state index contributed by atoms with van der Waals surface area (Å²) in [6, 6.07) is 15.9. The Balaban J connectivity index is 1.43. The number of carbonyl (C=O) groups is 4. The van der Waals surface area contributed by atoms with Gasteiger partial charge in [-0.25, -0.2) is 4.79 Å². The van der Waals surface area contributed by atoms with E-state index in [2.05, 4.69) is 16.0 Å². The smallest absolute Gasteiger partial charge is 0.325 e. The number of furan rings is 1. The highest BCUT2D eigenvalue weighted by Gasteiger charge is 2.49. The van der Waals surface area contributed by atoms with Crippen LogP contribution in [0.15, 0.2) is 71.3 Å². The molecular weight excluding hydrogens is 452 g/mol. The molecule has 1 saturated heterocycles. The Bertz CT molecular complexity index is 1260. The van der Waals surface area contributed by atoms with Crippen LogP contribution in [0, 0.1) is 0 Å². The van der Waals surface area contributed by atoms with Gasteiger partial charge in [-0.1, -0.05) is 24.3 Å². The highest BCUT2D eigenvalue weighted by molar-refractivity contribution is 6.11. The van der Waals surface area contributed by atoms with Crippen molar-refractivity contribution in [1.82, 2.24) is 15.5 Å². The number of ether oxygens (including phenoxy) is 1. The predicted molar refractivity (Wildman–Crippen MR) is 126 cm³/mol. The Kier molecular flexibility index (Phi) is 6.54. The fourth-order valence-electron chi connectivity index (χ4n) is 3.76. The third kappa shape index (κ3) is 4.86. The van der Waals surface area contributed by atoms with E-state index >= 15 is 0 Å². The lowest BCUT2D eigenvalue weighted by Crippen LogP contribution is -2.42. The average molecular weight is 476 g/mol. The first-order valence-corrected chi connectivity index (χ1v) is 10.8. The van der Waals surface area contributed by atoms with Crippen molar-refractivity contribution in [2.75, 3.05) is 19.0 Å². The van der Waals surface area contributed by atoms with E-state index in [-0.39, 0.29) is 17.8 Å². The van der Waals surface area contributed by atoms with E-state index in [1.54, 1.807) is 67.6 Å². The molecule has 1 aliphatic heterocycles. The number of para-hydroxylation sites is 1. The van der Waals surface area contributed by atoms with Crippen LogP contribution in [0.4, 0.5) is 10.5 Å². The van der Waals surface area contributed by atoms with Gasteiger partial charge in [0.2, 0.25) is 5.91 Å². The second-order valence-corrected chi connectivity index (χ2v) is 8.03. The van der Waals surface area contributed by atoms with Gasteiger partial charge in [-0.15, -0.1) is 0 Å². The number of rotatable bonds is 8. The van der Waals surface area contributed by atoms with Crippen molar-refractivity contribution < 1.29 is 28.3 Å². The molecule has 1 aliphatic rings. The molecule has 1 fully saturated rings. The van der Waals surface area contributed by atoms with Crippen LogP contribution in [0.1, 0.15) is 28.6 Å². The SMILES string of the molecule is COc1ccc([C@@]2(C)NC(=O)N(CC(=O)Nc3ccccc3C(=O)NCc3ccco3)C2=O)cc1. The van der Waals surface area contributed by atoms with Crippen molar-refractivity contribution in [3.8, 4) is 5.75 Å². The summed E-state index contributed by atoms with van der Waals surface area (Å²) in [7, 11) is 1.53. The summed E-state index contributed by atoms with van der Waals surface area (Å²) in [5, 5.41) is 8.00. The Morgan fingerprint density at radius 2 is 1.80 bits per heavy atom. The zero-order chi connectivity index (χ0) is 25.0. The molecule has 0 radical (unpaired) electrons. The van der Waals surface area contributed by atoms with Crippen LogP contribution < -0.4 is 20.7 Å². The Labute approximate surface area is 201 Å². The summed E-state index contributed by atoms with van der Waals surface area (Å²) < 4.78 is 10.3. The molecule has 10 nitrogen and oxygen atoms in total. The molecule has 0 bridgehead atoms. The number of anilines is 1. The first-order valence-electron chi connectivity index (χ1n) is 10.8. The van der Waals surface area contributed by atoms with Gasteiger partial charge >= 0.3 is 6.03 Å². The summed E-state index contributed by atoms with van der Waals surface area (Å²) >= 11 is 0. The maximum atomic E-state index is 13.1. The highest BCUT2D eigenvalue weighted by atomic mass is 16.5. The second-order valence-electron chi connectivity index (χ2n) is 8.03. The molecule has 5 amide bonds. The van der Waals surface area contributed by atoms with E-state index < -0.39 is 35.8 Å². The zero-order valence-electron chi connectivity index (χ0n) is 19.2. The van der Waals surface area contributed by atoms with E-state index in [4.69, 9.17) is 9.15 Å². The third-order valence-corrected chi connectivity index (χ3v) is 5.69. The van der Waals surface area contributed by atoms with Crippen LogP contribution >= 0.6 is 0 Å². The quantitative estimate of drug-likeness (QED) is 0.429. The minimum Gasteiger partial charge on any atom is -0.497 e. The average Bonchev–Trinajstić information content (AvgIpc) is 3.46. The number of imide groups is 1. The van der Waals surface area contributed by atoms with Gasteiger partial charge in [-0.3, -0.25) is 19.3 Å². The molecule has 4 rings (SSSR count). The molecule has 10 heteroatoms. The number of carbonyl (C=O) groups excluding carboxylic acids is 4. The molecule has 1 aromatic heterocycles. The van der Waals surface area contributed by atoms with Crippen LogP contribution in [0.25, 0.3) is 0 Å². The van der Waals surface area contributed by atoms with Crippen LogP contribution in [-0.4, -0.2) is 42.3 Å². The fraction of sp³-hybridized carbons (Fsp3) is 0.200. The van der Waals surface area contributed by atoms with Crippen LogP contribution in [0.3, 0.4) is 0 Å². The maximum Gasteiger partial charge on any atom is 0.325 e. The van der Waals surface area contributed by atoms with E-state index in [1.165, 1.54) is 13.4 Å². The minimum atomic E-state index is -1.33. The molecule has 0 spiro atoms. The van der Waals surface area contributed by atoms with Crippen molar-refractivity contribution in [3.05, 3.63) is 83.8 Å². The molecule has 3 aromatic rings. The van der Waals surface area contributed by atoms with Gasteiger partial charge in [-0.05, 0) is 48.9 Å². The van der Waals surface area contributed by atoms with Gasteiger partial charge in [0.15, 0.2) is 0 Å². The van der Waals surface area contributed by atoms with Gasteiger partial charge in [0.25, 0.3) is 11.8 Å². The van der Waals surface area contributed by atoms with Crippen LogP contribution in [-0.2, 0) is 21.7 Å². The molecule has 0 unspecified atom stereocenters. The number of urea groups is 1. The predicted octanol–water partition coefficient (Wildman–Crippen LogP) is 2.62. The number of hydrogen-bond donors (Lipinski definition) is 3. The van der Waals surface area contributed by atoms with Gasteiger partial charge in [0.1, 0.15) is 23.6 Å². The largest absolute Gasteiger partial charge is 0.497 e. The number of methoxy groups -OCH3 is 1. The monoisotopic (exact) mass is 476 g/mol. The molecule has 0 aliphatic carbocycles. The molecule has 1 atom stereocenters. The summed E-state index contributed by atoms with van der Waals surface area (Å²) in [6.07, 6.45) is 1.51. The van der Waals surface area contributed by atoms with Crippen molar-refractivity contribution in [3.63, 3.8) is 0 Å². The number of nitrogens with zero attached hydrogens (tertiary/aromatic N) is 1. The lowest BCUT2D eigenvalue weighted by Gasteiger charge is -2.22. The Hall–Kier alpha value is -4.60. The number of nitrogens with one attached hydrogen (secondary N) is 3. The van der Waals surface area contributed by atoms with Gasteiger partial charge in [0.05, 0.1) is 31.2 Å².